The van der Waals surface area contributed by atoms with E-state index in [1.54, 1.807) is 11.5 Å². The maximum atomic E-state index is 10.5. The van der Waals surface area contributed by atoms with Crippen molar-refractivity contribution in [2.45, 2.75) is 0 Å². The van der Waals surface area contributed by atoms with Gasteiger partial charge in [0.15, 0.2) is 4.67 Å². The Morgan fingerprint density at radius 1 is 1.73 bits per heavy atom. The topological polar surface area (TPSA) is 77.5 Å². The van der Waals surface area contributed by atoms with Gasteiger partial charge in [-0.3, -0.25) is 5.43 Å². The normalized spacial score (nSPS) is 9.27. The third-order valence-corrected chi connectivity index (χ3v) is 1.29. The molecule has 5 nitrogen and oxygen atoms in total. The van der Waals surface area contributed by atoms with Crippen molar-refractivity contribution in [2.75, 3.05) is 0 Å². The number of nitrogens with two attached hydrogens (primary N) is 1. The molecular weight excluding hydrogens is 216 g/mol. The first-order valence-corrected chi connectivity index (χ1v) is 3.45. The Hall–Kier alpha value is -1.01. The van der Waals surface area contributed by atoms with Crippen LogP contribution in [0.25, 0.3) is 0 Å². The van der Waals surface area contributed by atoms with E-state index in [1.165, 1.54) is 6.07 Å². The molecule has 1 heterocycles. The second-order valence-electron chi connectivity index (χ2n) is 1.59. The van der Waals surface area contributed by atoms with E-state index in [-0.39, 0.29) is 5.95 Å². The van der Waals surface area contributed by atoms with E-state index >= 15 is 0 Å². The highest BCUT2D eigenvalue weighted by Gasteiger charge is 2.04. The molecule has 1 aromatic heterocycles. The van der Waals surface area contributed by atoms with Crippen molar-refractivity contribution in [3.63, 3.8) is 0 Å². The molecule has 3 N–H and O–H groups in total. The summed E-state index contributed by atoms with van der Waals surface area (Å²) in [5.74, 6) is 4.83. The molecular formula is C5H5BrN2O3. The first-order chi connectivity index (χ1) is 5.22. The number of hydrazine groups is 1. The smallest absolute Gasteiger partial charge is 0.418 e. The van der Waals surface area contributed by atoms with E-state index < -0.39 is 6.09 Å². The first-order valence-electron chi connectivity index (χ1n) is 2.66. The number of rotatable bonds is 1. The molecule has 0 fully saturated rings. The maximum absolute atomic E-state index is 10.5. The van der Waals surface area contributed by atoms with Crippen molar-refractivity contribution in [3.8, 4) is 5.95 Å². The predicted molar refractivity (Wildman–Crippen MR) is 39.8 cm³/mol. The highest BCUT2D eigenvalue weighted by Crippen LogP contribution is 2.20. The lowest BCUT2D eigenvalue weighted by Gasteiger charge is -1.96. The molecule has 0 spiro atoms. The minimum Gasteiger partial charge on any atom is -0.418 e. The van der Waals surface area contributed by atoms with E-state index in [4.69, 9.17) is 10.3 Å². The third kappa shape index (κ3) is 2.24. The van der Waals surface area contributed by atoms with Crippen LogP contribution in [0.3, 0.4) is 0 Å². The lowest BCUT2D eigenvalue weighted by atomic mass is 10.6. The van der Waals surface area contributed by atoms with Gasteiger partial charge in [0.1, 0.15) is 0 Å². The number of hydrogen-bond acceptors (Lipinski definition) is 4. The van der Waals surface area contributed by atoms with Crippen molar-refractivity contribution in [3.05, 3.63) is 16.8 Å². The maximum Gasteiger partial charge on any atom is 0.429 e. The van der Waals surface area contributed by atoms with E-state index in [2.05, 4.69) is 20.7 Å². The van der Waals surface area contributed by atoms with Crippen LogP contribution >= 0.6 is 15.9 Å². The molecule has 0 unspecified atom stereocenters. The zero-order valence-electron chi connectivity index (χ0n) is 5.33. The highest BCUT2D eigenvalue weighted by molar-refractivity contribution is 9.10. The van der Waals surface area contributed by atoms with Crippen LogP contribution in [0.5, 0.6) is 5.95 Å². The Labute approximate surface area is 70.6 Å². The Kier molecular flexibility index (Phi) is 2.50. The number of furan rings is 1. The van der Waals surface area contributed by atoms with E-state index in [9.17, 15) is 4.79 Å². The fraction of sp³-hybridized carbons (Fsp3) is 0. The summed E-state index contributed by atoms with van der Waals surface area (Å²) >= 11 is 3.03. The number of ether oxygens (including phenoxy) is 1. The molecule has 60 valence electrons. The van der Waals surface area contributed by atoms with Gasteiger partial charge in [-0.25, -0.2) is 10.6 Å². The van der Waals surface area contributed by atoms with Gasteiger partial charge in [-0.15, -0.1) is 0 Å². The van der Waals surface area contributed by atoms with Gasteiger partial charge in [0.25, 0.3) is 5.95 Å². The molecule has 1 aromatic rings. The number of carbonyl (C=O) groups is 1. The van der Waals surface area contributed by atoms with Crippen molar-refractivity contribution >= 4 is 22.0 Å². The molecule has 0 aromatic carbocycles. The summed E-state index contributed by atoms with van der Waals surface area (Å²) in [4.78, 5) is 10.5. The molecule has 0 aliphatic heterocycles. The predicted octanol–water partition coefficient (Wildman–Crippen LogP) is 1.00. The van der Waals surface area contributed by atoms with Crippen LogP contribution < -0.4 is 16.0 Å². The van der Waals surface area contributed by atoms with E-state index in [0.29, 0.717) is 4.67 Å². The SMILES string of the molecule is NNC(=O)Oc1ccc(Br)o1. The minimum atomic E-state index is -0.771. The molecule has 11 heavy (non-hydrogen) atoms. The zero-order valence-corrected chi connectivity index (χ0v) is 6.92. The summed E-state index contributed by atoms with van der Waals surface area (Å²) in [5, 5.41) is 0. The van der Waals surface area contributed by atoms with Crippen LogP contribution in [0, 0.1) is 0 Å². The summed E-state index contributed by atoms with van der Waals surface area (Å²) < 4.78 is 9.83. The van der Waals surface area contributed by atoms with Gasteiger partial charge < -0.3 is 9.15 Å². The highest BCUT2D eigenvalue weighted by atomic mass is 79.9. The quantitative estimate of drug-likeness (QED) is 0.421. The summed E-state index contributed by atoms with van der Waals surface area (Å²) in [6.07, 6.45) is -0.771. The Morgan fingerprint density at radius 3 is 2.91 bits per heavy atom. The standard InChI is InChI=1S/C5H5BrN2O3/c6-3-1-2-4(10-3)11-5(9)8-7/h1-2H,7H2,(H,8,9). The van der Waals surface area contributed by atoms with Gasteiger partial charge in [0.05, 0.1) is 0 Å². The van der Waals surface area contributed by atoms with Gasteiger partial charge >= 0.3 is 6.09 Å². The Bertz CT molecular complexity index is 260. The molecule has 1 amide bonds. The number of carbonyl (C=O) groups excluding carboxylic acids is 1. The van der Waals surface area contributed by atoms with Gasteiger partial charge in [0.2, 0.25) is 0 Å². The molecule has 0 radical (unpaired) electrons. The van der Waals surface area contributed by atoms with Crippen LogP contribution in [-0.2, 0) is 0 Å². The van der Waals surface area contributed by atoms with Crippen LogP contribution in [0.4, 0.5) is 4.79 Å². The average molecular weight is 221 g/mol. The summed E-state index contributed by atoms with van der Waals surface area (Å²) in [6.45, 7) is 0. The van der Waals surface area contributed by atoms with Crippen molar-refractivity contribution in [2.24, 2.45) is 5.84 Å². The third-order valence-electron chi connectivity index (χ3n) is 0.860. The molecule has 0 aliphatic rings. The van der Waals surface area contributed by atoms with E-state index in [1.807, 2.05) is 0 Å². The van der Waals surface area contributed by atoms with Crippen molar-refractivity contribution < 1.29 is 13.9 Å². The molecule has 6 heteroatoms. The van der Waals surface area contributed by atoms with Gasteiger partial charge in [-0.2, -0.15) is 0 Å². The van der Waals surface area contributed by atoms with Crippen LogP contribution in [0.1, 0.15) is 0 Å². The van der Waals surface area contributed by atoms with E-state index in [0.717, 1.165) is 0 Å². The van der Waals surface area contributed by atoms with Crippen LogP contribution in [-0.4, -0.2) is 6.09 Å². The molecule has 0 saturated carbocycles. The molecule has 0 bridgehead atoms. The Balaban J connectivity index is 2.57. The summed E-state index contributed by atoms with van der Waals surface area (Å²) in [5.41, 5.74) is 1.79. The van der Waals surface area contributed by atoms with Crippen molar-refractivity contribution in [1.82, 2.24) is 5.43 Å². The molecule has 0 atom stereocenters. The lowest BCUT2D eigenvalue weighted by Crippen LogP contribution is -2.32. The second kappa shape index (κ2) is 3.40. The monoisotopic (exact) mass is 220 g/mol. The van der Waals surface area contributed by atoms with Gasteiger partial charge in [-0.05, 0) is 22.0 Å². The molecule has 0 aliphatic carbocycles. The average Bonchev–Trinajstić information content (AvgIpc) is 2.35. The van der Waals surface area contributed by atoms with Crippen LogP contribution in [0.2, 0.25) is 0 Å². The second-order valence-corrected chi connectivity index (χ2v) is 2.37. The fourth-order valence-electron chi connectivity index (χ4n) is 0.473. The summed E-state index contributed by atoms with van der Waals surface area (Å²) in [7, 11) is 0. The number of halogens is 1. The number of nitrogens with one attached hydrogen (secondary N) is 1. The molecule has 0 saturated heterocycles. The first kappa shape index (κ1) is 8.09. The van der Waals surface area contributed by atoms with Gasteiger partial charge in [0, 0.05) is 6.07 Å². The number of hydrogen-bond donors (Lipinski definition) is 2. The molecule has 1 rings (SSSR count). The largest absolute Gasteiger partial charge is 0.429 e. The van der Waals surface area contributed by atoms with Crippen LogP contribution in [0.15, 0.2) is 21.2 Å². The van der Waals surface area contributed by atoms with Gasteiger partial charge in [-0.1, -0.05) is 0 Å². The fourth-order valence-corrected chi connectivity index (χ4v) is 0.765. The number of amides is 1. The lowest BCUT2D eigenvalue weighted by molar-refractivity contribution is 0.187. The Morgan fingerprint density at radius 2 is 2.45 bits per heavy atom. The zero-order chi connectivity index (χ0) is 8.27. The minimum absolute atomic E-state index is 0.0832. The summed E-state index contributed by atoms with van der Waals surface area (Å²) in [6, 6.07) is 3.08. The van der Waals surface area contributed by atoms with Crippen molar-refractivity contribution in [1.29, 1.82) is 0 Å².